The van der Waals surface area contributed by atoms with E-state index in [9.17, 15) is 22.8 Å². The van der Waals surface area contributed by atoms with Crippen LogP contribution in [0.15, 0.2) is 29.1 Å². The molecule has 10 nitrogen and oxygen atoms in total. The second-order valence-corrected chi connectivity index (χ2v) is 11.2. The van der Waals surface area contributed by atoms with Crippen molar-refractivity contribution in [1.82, 2.24) is 25.1 Å². The van der Waals surface area contributed by atoms with Gasteiger partial charge in [-0.25, -0.2) is 4.98 Å². The Morgan fingerprint density at radius 3 is 2.85 bits per heavy atom. The fraction of sp³-hybridized carbons (Fsp3) is 0.630. The number of ether oxygens (including phenoxy) is 2. The second kappa shape index (κ2) is 10.4. The minimum atomic E-state index is -4.52. The van der Waals surface area contributed by atoms with Crippen molar-refractivity contribution < 1.29 is 36.7 Å². The summed E-state index contributed by atoms with van der Waals surface area (Å²) >= 11 is 0. The smallest absolute Gasteiger partial charge is 0.417 e. The van der Waals surface area contributed by atoms with E-state index < -0.39 is 17.2 Å². The first-order chi connectivity index (χ1) is 19.2. The first-order valence-electron chi connectivity index (χ1n) is 13.6. The second-order valence-electron chi connectivity index (χ2n) is 11.2. The topological polar surface area (TPSA) is 110 Å². The Hall–Kier alpha value is -3.03. The van der Waals surface area contributed by atoms with Gasteiger partial charge in [-0.3, -0.25) is 14.6 Å². The Morgan fingerprint density at radius 1 is 1.25 bits per heavy atom. The van der Waals surface area contributed by atoms with Crippen LogP contribution in [-0.4, -0.2) is 89.7 Å². The molecule has 0 unspecified atom stereocenters. The van der Waals surface area contributed by atoms with Gasteiger partial charge in [-0.15, -0.1) is 0 Å². The monoisotopic (exact) mass is 563 g/mol. The fourth-order valence-electron chi connectivity index (χ4n) is 6.96. The van der Waals surface area contributed by atoms with Crippen molar-refractivity contribution in [3.8, 4) is 0 Å². The zero-order valence-electron chi connectivity index (χ0n) is 22.2. The Bertz CT molecular complexity index is 1260. The molecule has 5 heterocycles. The molecule has 1 N–H and O–H groups in total. The van der Waals surface area contributed by atoms with Gasteiger partial charge >= 0.3 is 12.1 Å². The van der Waals surface area contributed by atoms with Crippen LogP contribution in [0.3, 0.4) is 0 Å². The largest absolute Gasteiger partial charge is 0.441 e. The molecule has 2 aromatic rings. The van der Waals surface area contributed by atoms with Crippen LogP contribution < -0.4 is 5.32 Å². The molecular formula is C27H32F3N5O5. The minimum Gasteiger partial charge on any atom is -0.441 e. The van der Waals surface area contributed by atoms with Gasteiger partial charge in [0.05, 0.1) is 29.9 Å². The molecule has 216 valence electrons. The van der Waals surface area contributed by atoms with Crippen molar-refractivity contribution in [2.45, 2.75) is 56.6 Å². The molecule has 40 heavy (non-hydrogen) atoms. The van der Waals surface area contributed by atoms with Crippen molar-refractivity contribution in [2.75, 3.05) is 40.0 Å². The molecule has 0 aromatic carbocycles. The van der Waals surface area contributed by atoms with E-state index in [0.717, 1.165) is 18.7 Å². The summed E-state index contributed by atoms with van der Waals surface area (Å²) < 4.78 is 56.5. The number of carbonyl (C=O) groups is 2. The van der Waals surface area contributed by atoms with E-state index in [-0.39, 0.29) is 54.9 Å². The number of methoxy groups -OCH3 is 1. The van der Waals surface area contributed by atoms with Crippen molar-refractivity contribution in [2.24, 2.45) is 11.3 Å². The van der Waals surface area contributed by atoms with Gasteiger partial charge in [0.25, 0.3) is 5.89 Å². The molecular weight excluding hydrogens is 531 g/mol. The molecule has 3 aliphatic heterocycles. The van der Waals surface area contributed by atoms with Crippen LogP contribution in [0.4, 0.5) is 13.2 Å². The van der Waals surface area contributed by atoms with E-state index in [1.54, 1.807) is 16.9 Å². The van der Waals surface area contributed by atoms with E-state index in [2.05, 4.69) is 15.3 Å². The number of pyridine rings is 1. The Balaban J connectivity index is 1.25. The van der Waals surface area contributed by atoms with Crippen LogP contribution in [0.5, 0.6) is 0 Å². The van der Waals surface area contributed by atoms with Gasteiger partial charge < -0.3 is 29.0 Å². The third-order valence-corrected chi connectivity index (χ3v) is 8.91. The summed E-state index contributed by atoms with van der Waals surface area (Å²) in [6.07, 6.45) is 1.31. The predicted octanol–water partition coefficient (Wildman–Crippen LogP) is 2.29. The van der Waals surface area contributed by atoms with E-state index >= 15 is 0 Å². The Labute approximate surface area is 229 Å². The Morgan fingerprint density at radius 2 is 2.10 bits per heavy atom. The van der Waals surface area contributed by atoms with Gasteiger partial charge in [0.1, 0.15) is 6.26 Å². The number of rotatable bonds is 5. The average Bonchev–Trinajstić information content (AvgIpc) is 3.67. The highest BCUT2D eigenvalue weighted by Crippen LogP contribution is 2.51. The number of nitrogens with one attached hydrogen (secondary N) is 1. The summed E-state index contributed by atoms with van der Waals surface area (Å²) in [7, 11) is 1.65. The van der Waals surface area contributed by atoms with Gasteiger partial charge in [0, 0.05) is 70.3 Å². The lowest BCUT2D eigenvalue weighted by atomic mass is 9.78. The lowest BCUT2D eigenvalue weighted by Gasteiger charge is -2.37. The first-order valence-corrected chi connectivity index (χ1v) is 13.6. The van der Waals surface area contributed by atoms with Crippen LogP contribution in [0.25, 0.3) is 0 Å². The van der Waals surface area contributed by atoms with Crippen LogP contribution >= 0.6 is 0 Å². The number of amides is 2. The van der Waals surface area contributed by atoms with Crippen LogP contribution in [0.2, 0.25) is 0 Å². The third kappa shape index (κ3) is 4.88. The maximum atomic E-state index is 14.3. The Kier molecular flexibility index (Phi) is 7.07. The SMILES string of the molecule is CO[C@@H]1COCC[C@@H]1N[C@@H]1C[C@H]2CN(C(=O)c3ncco3)C[C@@]2(C(=O)N2CCc3ncc(C(F)(F)F)cc3C2)C1. The summed E-state index contributed by atoms with van der Waals surface area (Å²) in [5.41, 5.74) is -0.713. The number of fused-ring (bicyclic) bond motifs is 2. The summed E-state index contributed by atoms with van der Waals surface area (Å²) in [4.78, 5) is 38.8. The quantitative estimate of drug-likeness (QED) is 0.590. The van der Waals surface area contributed by atoms with Crippen LogP contribution in [-0.2, 0) is 33.4 Å². The molecule has 13 heteroatoms. The number of hydrogen-bond acceptors (Lipinski definition) is 8. The zero-order valence-corrected chi connectivity index (χ0v) is 22.2. The summed E-state index contributed by atoms with van der Waals surface area (Å²) in [5.74, 6) is -0.663. The van der Waals surface area contributed by atoms with Crippen LogP contribution in [0.1, 0.15) is 46.8 Å². The van der Waals surface area contributed by atoms with Crippen molar-refractivity contribution in [3.05, 3.63) is 47.4 Å². The number of oxazole rings is 1. The first kappa shape index (κ1) is 27.2. The fourth-order valence-corrected chi connectivity index (χ4v) is 6.96. The molecule has 1 aliphatic carbocycles. The number of likely N-dealkylation sites (tertiary alicyclic amines) is 1. The number of hydrogen-bond donors (Lipinski definition) is 1. The molecule has 1 saturated carbocycles. The number of aromatic nitrogens is 2. The van der Waals surface area contributed by atoms with Crippen molar-refractivity contribution >= 4 is 11.8 Å². The van der Waals surface area contributed by atoms with Crippen molar-refractivity contribution in [3.63, 3.8) is 0 Å². The van der Waals surface area contributed by atoms with Gasteiger partial charge in [-0.1, -0.05) is 0 Å². The number of alkyl halides is 3. The van der Waals surface area contributed by atoms with Gasteiger partial charge in [0.2, 0.25) is 5.91 Å². The highest BCUT2D eigenvalue weighted by Gasteiger charge is 2.60. The van der Waals surface area contributed by atoms with Gasteiger partial charge in [-0.05, 0) is 36.8 Å². The normalized spacial score (nSPS) is 30.3. The lowest BCUT2D eigenvalue weighted by Crippen LogP contribution is -2.52. The van der Waals surface area contributed by atoms with Crippen LogP contribution in [0, 0.1) is 11.3 Å². The van der Waals surface area contributed by atoms with E-state index in [0.29, 0.717) is 56.8 Å². The van der Waals surface area contributed by atoms with Gasteiger partial charge in [-0.2, -0.15) is 13.2 Å². The summed E-state index contributed by atoms with van der Waals surface area (Å²) in [6, 6.07) is 1.19. The third-order valence-electron chi connectivity index (χ3n) is 8.91. The summed E-state index contributed by atoms with van der Waals surface area (Å²) in [6.45, 7) is 2.09. The summed E-state index contributed by atoms with van der Waals surface area (Å²) in [5, 5.41) is 3.70. The molecule has 0 spiro atoms. The molecule has 3 fully saturated rings. The van der Waals surface area contributed by atoms with E-state index in [1.165, 1.54) is 12.5 Å². The predicted molar refractivity (Wildman–Crippen MR) is 133 cm³/mol. The molecule has 0 bridgehead atoms. The maximum absolute atomic E-state index is 14.3. The molecule has 4 aliphatic rings. The zero-order chi connectivity index (χ0) is 28.1. The molecule has 5 atom stereocenters. The molecule has 2 amide bonds. The molecule has 6 rings (SSSR count). The van der Waals surface area contributed by atoms with E-state index in [4.69, 9.17) is 13.9 Å². The average molecular weight is 564 g/mol. The number of nitrogens with zero attached hydrogens (tertiary/aromatic N) is 4. The molecule has 0 radical (unpaired) electrons. The van der Waals surface area contributed by atoms with E-state index in [1.807, 2.05) is 0 Å². The molecule has 2 saturated heterocycles. The minimum absolute atomic E-state index is 0.0178. The lowest BCUT2D eigenvalue weighted by molar-refractivity contribution is -0.143. The number of carbonyl (C=O) groups excluding carboxylic acids is 2. The maximum Gasteiger partial charge on any atom is 0.417 e. The molecule has 2 aromatic heterocycles. The van der Waals surface area contributed by atoms with Gasteiger partial charge in [0.15, 0.2) is 0 Å². The highest BCUT2D eigenvalue weighted by atomic mass is 19.4. The van der Waals surface area contributed by atoms with Crippen molar-refractivity contribution in [1.29, 1.82) is 0 Å². The number of halogens is 3. The standard InChI is InChI=1S/C27H32F3N5O5/c1-38-22-14-39-6-3-21(22)33-19-9-18-13-35(24(36)23-31-4-7-40-23)15-26(18,10-19)25(37)34-5-2-20-16(12-34)8-17(11-32-20)27(28,29)30/h4,7-8,11,18-19,21-22,33H,2-3,5-6,9-10,12-15H2,1H3/t18-,19+,21-,22+,26-/m0/s1. The highest BCUT2D eigenvalue weighted by molar-refractivity contribution is 5.92.